The van der Waals surface area contributed by atoms with Gasteiger partial charge in [0.1, 0.15) is 11.5 Å². The molecule has 0 bridgehead atoms. The predicted molar refractivity (Wildman–Crippen MR) is 156 cm³/mol. The summed E-state index contributed by atoms with van der Waals surface area (Å²) in [5, 5.41) is 9.23. The fourth-order valence-electron chi connectivity index (χ4n) is 4.67. The molecule has 1 N–H and O–H groups in total. The highest BCUT2D eigenvalue weighted by atomic mass is 16.5. The van der Waals surface area contributed by atoms with Crippen molar-refractivity contribution in [3.05, 3.63) is 155 Å². The smallest absolute Gasteiger partial charge is 0.335 e. The van der Waals surface area contributed by atoms with Crippen LogP contribution in [0.25, 0.3) is 22.3 Å². The van der Waals surface area contributed by atoms with E-state index in [1.165, 1.54) is 0 Å². The highest BCUT2D eigenvalue weighted by Crippen LogP contribution is 2.38. The molecule has 5 rings (SSSR count). The van der Waals surface area contributed by atoms with Crippen LogP contribution in [0.5, 0.6) is 11.5 Å². The number of hydrogen-bond acceptors (Lipinski definition) is 3. The zero-order chi connectivity index (χ0) is 27.2. The van der Waals surface area contributed by atoms with Gasteiger partial charge in [-0.25, -0.2) is 4.79 Å². The number of hydrogen-bond donors (Lipinski definition) is 1. The molecular formula is C35H28O4. The minimum atomic E-state index is -0.931. The van der Waals surface area contributed by atoms with Crippen LogP contribution in [0.4, 0.5) is 0 Å². The summed E-state index contributed by atoms with van der Waals surface area (Å²) in [6, 6.07) is 41.9. The second kappa shape index (κ2) is 11.5. The third-order valence-electron chi connectivity index (χ3n) is 6.71. The number of benzene rings is 5. The molecule has 0 saturated heterocycles. The van der Waals surface area contributed by atoms with Crippen molar-refractivity contribution in [2.75, 3.05) is 14.2 Å². The monoisotopic (exact) mass is 512 g/mol. The van der Waals surface area contributed by atoms with Gasteiger partial charge in [-0.2, -0.15) is 0 Å². The summed E-state index contributed by atoms with van der Waals surface area (Å²) in [4.78, 5) is 11.3. The molecule has 0 aliphatic heterocycles. The van der Waals surface area contributed by atoms with Gasteiger partial charge in [-0.05, 0) is 80.9 Å². The van der Waals surface area contributed by atoms with Crippen LogP contribution in [-0.2, 0) is 0 Å². The Balaban J connectivity index is 1.70. The van der Waals surface area contributed by atoms with Gasteiger partial charge < -0.3 is 14.6 Å². The van der Waals surface area contributed by atoms with E-state index >= 15 is 0 Å². The topological polar surface area (TPSA) is 55.8 Å². The molecule has 0 radical (unpaired) electrons. The van der Waals surface area contributed by atoms with Crippen molar-refractivity contribution in [1.29, 1.82) is 0 Å². The van der Waals surface area contributed by atoms with Crippen molar-refractivity contribution in [1.82, 2.24) is 0 Å². The first-order valence-electron chi connectivity index (χ1n) is 12.6. The van der Waals surface area contributed by atoms with Crippen LogP contribution >= 0.6 is 0 Å². The van der Waals surface area contributed by atoms with Crippen LogP contribution in [0.3, 0.4) is 0 Å². The fourth-order valence-corrected chi connectivity index (χ4v) is 4.67. The van der Waals surface area contributed by atoms with Gasteiger partial charge in [0.2, 0.25) is 0 Å². The molecule has 0 atom stereocenters. The molecule has 0 heterocycles. The third-order valence-corrected chi connectivity index (χ3v) is 6.71. The zero-order valence-corrected chi connectivity index (χ0v) is 21.8. The van der Waals surface area contributed by atoms with Crippen molar-refractivity contribution in [3.63, 3.8) is 0 Å². The fraction of sp³-hybridized carbons (Fsp3) is 0.0571. The van der Waals surface area contributed by atoms with Crippen molar-refractivity contribution in [2.24, 2.45) is 0 Å². The SMILES string of the molecule is COc1ccc(C(=C(c2ccccc2)c2ccc(-c3ccc(C(=O)O)cc3)cc2)c2ccc(OC)cc2)cc1. The van der Waals surface area contributed by atoms with E-state index in [0.717, 1.165) is 56.0 Å². The minimum Gasteiger partial charge on any atom is -0.497 e. The van der Waals surface area contributed by atoms with Gasteiger partial charge in [0.25, 0.3) is 0 Å². The lowest BCUT2D eigenvalue weighted by molar-refractivity contribution is 0.0697. The number of methoxy groups -OCH3 is 2. The Hall–Kier alpha value is -5.09. The van der Waals surface area contributed by atoms with Crippen LogP contribution in [-0.4, -0.2) is 25.3 Å². The molecule has 0 aromatic heterocycles. The van der Waals surface area contributed by atoms with E-state index in [0.29, 0.717) is 0 Å². The second-order valence-corrected chi connectivity index (χ2v) is 9.03. The number of carbonyl (C=O) groups is 1. The highest BCUT2D eigenvalue weighted by Gasteiger charge is 2.17. The summed E-state index contributed by atoms with van der Waals surface area (Å²) < 4.78 is 10.9. The van der Waals surface area contributed by atoms with Crippen molar-refractivity contribution in [3.8, 4) is 22.6 Å². The molecule has 5 aromatic carbocycles. The van der Waals surface area contributed by atoms with Crippen LogP contribution in [0.15, 0.2) is 127 Å². The average molecular weight is 513 g/mol. The summed E-state index contributed by atoms with van der Waals surface area (Å²) in [5.41, 5.74) is 8.71. The van der Waals surface area contributed by atoms with E-state index < -0.39 is 5.97 Å². The van der Waals surface area contributed by atoms with E-state index in [4.69, 9.17) is 9.47 Å². The summed E-state index contributed by atoms with van der Waals surface area (Å²) in [6.07, 6.45) is 0. The Morgan fingerprint density at radius 2 is 0.795 bits per heavy atom. The van der Waals surface area contributed by atoms with Gasteiger partial charge >= 0.3 is 5.97 Å². The first kappa shape index (κ1) is 25.6. The molecule has 4 heteroatoms. The van der Waals surface area contributed by atoms with E-state index in [9.17, 15) is 9.90 Å². The number of carboxylic acid groups (broad SMARTS) is 1. The lowest BCUT2D eigenvalue weighted by Crippen LogP contribution is -1.98. The average Bonchev–Trinajstić information content (AvgIpc) is 3.00. The molecule has 0 spiro atoms. The molecule has 39 heavy (non-hydrogen) atoms. The maximum absolute atomic E-state index is 11.3. The number of carboxylic acids is 1. The molecule has 192 valence electrons. The Kier molecular flexibility index (Phi) is 7.56. The Morgan fingerprint density at radius 3 is 1.15 bits per heavy atom. The normalized spacial score (nSPS) is 10.5. The number of rotatable bonds is 8. The quantitative estimate of drug-likeness (QED) is 0.214. The molecule has 0 aliphatic rings. The van der Waals surface area contributed by atoms with Gasteiger partial charge in [0.05, 0.1) is 19.8 Å². The molecule has 0 amide bonds. The second-order valence-electron chi connectivity index (χ2n) is 9.03. The number of aromatic carboxylic acids is 1. The molecule has 4 nitrogen and oxygen atoms in total. The standard InChI is InChI=1S/C35H28O4/c1-38-31-20-16-28(17-21-31)34(29-18-22-32(39-2)23-19-29)33(26-6-4-3-5-7-26)27-12-8-24(9-13-27)25-10-14-30(15-11-25)35(36)37/h3-23H,1-2H3,(H,36,37). The molecule has 0 fully saturated rings. The Morgan fingerprint density at radius 1 is 0.462 bits per heavy atom. The first-order chi connectivity index (χ1) is 19.1. The lowest BCUT2D eigenvalue weighted by Gasteiger charge is -2.19. The van der Waals surface area contributed by atoms with Gasteiger partial charge in [-0.1, -0.05) is 91.0 Å². The highest BCUT2D eigenvalue weighted by molar-refractivity contribution is 6.04. The van der Waals surface area contributed by atoms with E-state index in [1.807, 2.05) is 54.6 Å². The van der Waals surface area contributed by atoms with Gasteiger partial charge in [-0.15, -0.1) is 0 Å². The maximum Gasteiger partial charge on any atom is 0.335 e. The van der Waals surface area contributed by atoms with E-state index in [2.05, 4.69) is 60.7 Å². The summed E-state index contributed by atoms with van der Waals surface area (Å²) in [6.45, 7) is 0. The van der Waals surface area contributed by atoms with E-state index in [-0.39, 0.29) is 5.56 Å². The van der Waals surface area contributed by atoms with Gasteiger partial charge in [0, 0.05) is 0 Å². The molecule has 0 saturated carbocycles. The van der Waals surface area contributed by atoms with Crippen LogP contribution in [0.1, 0.15) is 32.6 Å². The van der Waals surface area contributed by atoms with E-state index in [1.54, 1.807) is 26.4 Å². The largest absolute Gasteiger partial charge is 0.497 e. The number of ether oxygens (including phenoxy) is 2. The Labute approximate surface area is 228 Å². The minimum absolute atomic E-state index is 0.272. The molecule has 5 aromatic rings. The lowest BCUT2D eigenvalue weighted by atomic mass is 9.85. The summed E-state index contributed by atoms with van der Waals surface area (Å²) in [7, 11) is 3.34. The van der Waals surface area contributed by atoms with Gasteiger partial charge in [-0.3, -0.25) is 0 Å². The maximum atomic E-state index is 11.3. The summed E-state index contributed by atoms with van der Waals surface area (Å²) >= 11 is 0. The van der Waals surface area contributed by atoms with Crippen LogP contribution in [0, 0.1) is 0 Å². The zero-order valence-electron chi connectivity index (χ0n) is 21.8. The third kappa shape index (κ3) is 5.60. The van der Waals surface area contributed by atoms with Crippen molar-refractivity contribution >= 4 is 17.1 Å². The van der Waals surface area contributed by atoms with Crippen LogP contribution < -0.4 is 9.47 Å². The Bertz CT molecular complexity index is 1530. The molecule has 0 unspecified atom stereocenters. The molecule has 0 aliphatic carbocycles. The first-order valence-corrected chi connectivity index (χ1v) is 12.6. The van der Waals surface area contributed by atoms with Crippen LogP contribution in [0.2, 0.25) is 0 Å². The molecular weight excluding hydrogens is 484 g/mol. The van der Waals surface area contributed by atoms with Crippen molar-refractivity contribution in [2.45, 2.75) is 0 Å². The predicted octanol–water partition coefficient (Wildman–Crippen LogP) is 8.08. The van der Waals surface area contributed by atoms with Gasteiger partial charge in [0.15, 0.2) is 0 Å². The van der Waals surface area contributed by atoms with Crippen molar-refractivity contribution < 1.29 is 19.4 Å². The summed E-state index contributed by atoms with van der Waals surface area (Å²) in [5.74, 6) is 0.666.